The Morgan fingerprint density at radius 3 is 2.55 bits per heavy atom. The molecule has 1 N–H and O–H groups in total. The van der Waals surface area contributed by atoms with Gasteiger partial charge in [-0.1, -0.05) is 6.92 Å². The predicted molar refractivity (Wildman–Crippen MR) is 46.9 cm³/mol. The maximum atomic E-state index is 9.20. The summed E-state index contributed by atoms with van der Waals surface area (Å²) in [6.45, 7) is 5.87. The first-order chi connectivity index (χ1) is 5.15. The molecule has 1 atom stereocenters. The summed E-state index contributed by atoms with van der Waals surface area (Å²) in [6.07, 6.45) is 0.536. The fourth-order valence-electron chi connectivity index (χ4n) is 0.957. The molecule has 62 valence electrons. The zero-order valence-corrected chi connectivity index (χ0v) is 7.90. The molecule has 0 saturated carbocycles. The molecule has 1 rings (SSSR count). The summed E-state index contributed by atoms with van der Waals surface area (Å²) in [6, 6.07) is 0. The first kappa shape index (κ1) is 8.68. The van der Waals surface area contributed by atoms with Crippen molar-refractivity contribution in [3.05, 3.63) is 15.6 Å². The Kier molecular flexibility index (Phi) is 2.62. The number of thiazole rings is 1. The Labute approximate surface area is 70.9 Å². The van der Waals surface area contributed by atoms with E-state index in [0.29, 0.717) is 0 Å². The third-order valence-electron chi connectivity index (χ3n) is 1.60. The van der Waals surface area contributed by atoms with Crippen molar-refractivity contribution in [2.24, 2.45) is 0 Å². The minimum atomic E-state index is -0.418. The molecule has 1 aromatic heterocycles. The standard InChI is InChI=1S/C8H13NOS/c1-4-7-6(3)11-8(9-7)5(2)10/h5,10H,4H2,1-3H3. The number of hydrogen-bond acceptors (Lipinski definition) is 3. The van der Waals surface area contributed by atoms with E-state index in [2.05, 4.69) is 11.9 Å². The first-order valence-corrected chi connectivity index (χ1v) is 4.61. The third kappa shape index (κ3) is 1.79. The van der Waals surface area contributed by atoms with Crippen LogP contribution in [0.1, 0.15) is 35.5 Å². The van der Waals surface area contributed by atoms with Crippen LogP contribution in [0.3, 0.4) is 0 Å². The molecule has 1 unspecified atom stereocenters. The number of aromatic nitrogens is 1. The SMILES string of the molecule is CCc1nc(C(C)O)sc1C. The number of aliphatic hydroxyl groups is 1. The molecule has 0 aliphatic heterocycles. The van der Waals surface area contributed by atoms with Crippen molar-refractivity contribution in [3.8, 4) is 0 Å². The molecule has 11 heavy (non-hydrogen) atoms. The van der Waals surface area contributed by atoms with Gasteiger partial charge in [-0.15, -0.1) is 11.3 Å². The summed E-state index contributed by atoms with van der Waals surface area (Å²) in [5, 5.41) is 10.0. The Morgan fingerprint density at radius 1 is 1.64 bits per heavy atom. The average Bonchev–Trinajstić information content (AvgIpc) is 2.31. The highest BCUT2D eigenvalue weighted by atomic mass is 32.1. The molecule has 0 saturated heterocycles. The summed E-state index contributed by atoms with van der Waals surface area (Å²) in [7, 11) is 0. The summed E-state index contributed by atoms with van der Waals surface area (Å²) < 4.78 is 0. The average molecular weight is 171 g/mol. The first-order valence-electron chi connectivity index (χ1n) is 3.79. The molecule has 0 spiro atoms. The monoisotopic (exact) mass is 171 g/mol. The molecule has 0 bridgehead atoms. The fraction of sp³-hybridized carbons (Fsp3) is 0.625. The molecule has 1 aromatic rings. The van der Waals surface area contributed by atoms with Gasteiger partial charge in [0.05, 0.1) is 5.69 Å². The van der Waals surface area contributed by atoms with Crippen LogP contribution in [-0.2, 0) is 6.42 Å². The van der Waals surface area contributed by atoms with E-state index in [1.807, 2.05) is 6.92 Å². The predicted octanol–water partition coefficient (Wildman–Crippen LogP) is 2.07. The summed E-state index contributed by atoms with van der Waals surface area (Å²) in [4.78, 5) is 5.52. The van der Waals surface area contributed by atoms with Crippen LogP contribution in [0.15, 0.2) is 0 Å². The van der Waals surface area contributed by atoms with E-state index < -0.39 is 6.10 Å². The van der Waals surface area contributed by atoms with Crippen LogP contribution < -0.4 is 0 Å². The van der Waals surface area contributed by atoms with E-state index in [0.717, 1.165) is 17.1 Å². The highest BCUT2D eigenvalue weighted by Crippen LogP contribution is 2.22. The summed E-state index contributed by atoms with van der Waals surface area (Å²) >= 11 is 1.59. The van der Waals surface area contributed by atoms with Crippen molar-refractivity contribution < 1.29 is 5.11 Å². The zero-order valence-electron chi connectivity index (χ0n) is 7.09. The minimum Gasteiger partial charge on any atom is -0.386 e. The van der Waals surface area contributed by atoms with Crippen LogP contribution in [0.5, 0.6) is 0 Å². The van der Waals surface area contributed by atoms with Gasteiger partial charge in [0.1, 0.15) is 11.1 Å². The van der Waals surface area contributed by atoms with Crippen LogP contribution in [0, 0.1) is 6.92 Å². The van der Waals surface area contributed by atoms with E-state index in [9.17, 15) is 5.11 Å². The number of rotatable bonds is 2. The fourth-order valence-corrected chi connectivity index (χ4v) is 1.90. The second-order valence-corrected chi connectivity index (χ2v) is 3.82. The highest BCUT2D eigenvalue weighted by molar-refractivity contribution is 7.11. The lowest BCUT2D eigenvalue weighted by Crippen LogP contribution is -1.90. The smallest absolute Gasteiger partial charge is 0.121 e. The van der Waals surface area contributed by atoms with Gasteiger partial charge in [0, 0.05) is 4.88 Å². The molecular formula is C8H13NOS. The lowest BCUT2D eigenvalue weighted by atomic mass is 10.3. The lowest BCUT2D eigenvalue weighted by molar-refractivity contribution is 0.198. The van der Waals surface area contributed by atoms with Crippen molar-refractivity contribution in [3.63, 3.8) is 0 Å². The van der Waals surface area contributed by atoms with Crippen LogP contribution >= 0.6 is 11.3 Å². The van der Waals surface area contributed by atoms with Crippen molar-refractivity contribution in [2.45, 2.75) is 33.3 Å². The molecule has 0 aliphatic rings. The third-order valence-corrected chi connectivity index (χ3v) is 2.78. The van der Waals surface area contributed by atoms with Gasteiger partial charge in [-0.3, -0.25) is 0 Å². The maximum absolute atomic E-state index is 9.20. The zero-order chi connectivity index (χ0) is 8.43. The molecule has 0 radical (unpaired) electrons. The molecule has 0 fully saturated rings. The molecule has 3 heteroatoms. The quantitative estimate of drug-likeness (QED) is 0.739. The summed E-state index contributed by atoms with van der Waals surface area (Å²) in [5.41, 5.74) is 1.12. The molecule has 0 aromatic carbocycles. The number of aliphatic hydroxyl groups excluding tert-OH is 1. The van der Waals surface area contributed by atoms with Gasteiger partial charge in [-0.05, 0) is 20.3 Å². The van der Waals surface area contributed by atoms with Gasteiger partial charge in [0.25, 0.3) is 0 Å². The summed E-state index contributed by atoms with van der Waals surface area (Å²) in [5.74, 6) is 0. The van der Waals surface area contributed by atoms with Crippen molar-refractivity contribution in [1.82, 2.24) is 4.98 Å². The van der Waals surface area contributed by atoms with Gasteiger partial charge in [-0.2, -0.15) is 0 Å². The normalized spacial score (nSPS) is 13.5. The van der Waals surface area contributed by atoms with E-state index in [4.69, 9.17) is 0 Å². The van der Waals surface area contributed by atoms with Gasteiger partial charge in [0.15, 0.2) is 0 Å². The van der Waals surface area contributed by atoms with Crippen molar-refractivity contribution in [1.29, 1.82) is 0 Å². The second-order valence-electron chi connectivity index (χ2n) is 2.58. The number of nitrogens with zero attached hydrogens (tertiary/aromatic N) is 1. The molecule has 0 amide bonds. The van der Waals surface area contributed by atoms with Crippen LogP contribution in [0.2, 0.25) is 0 Å². The Balaban J connectivity index is 2.95. The van der Waals surface area contributed by atoms with Crippen LogP contribution in [-0.4, -0.2) is 10.1 Å². The Bertz CT molecular complexity index is 242. The Hall–Kier alpha value is -0.410. The highest BCUT2D eigenvalue weighted by Gasteiger charge is 2.09. The van der Waals surface area contributed by atoms with Crippen LogP contribution in [0.25, 0.3) is 0 Å². The largest absolute Gasteiger partial charge is 0.386 e. The second kappa shape index (κ2) is 3.32. The number of hydrogen-bond donors (Lipinski definition) is 1. The molecule has 2 nitrogen and oxygen atoms in total. The van der Waals surface area contributed by atoms with Gasteiger partial charge in [0.2, 0.25) is 0 Å². The lowest BCUT2D eigenvalue weighted by Gasteiger charge is -1.94. The number of aryl methyl sites for hydroxylation is 2. The van der Waals surface area contributed by atoms with Gasteiger partial charge < -0.3 is 5.11 Å². The van der Waals surface area contributed by atoms with E-state index in [1.54, 1.807) is 18.3 Å². The molecule has 0 aliphatic carbocycles. The van der Waals surface area contributed by atoms with Crippen LogP contribution in [0.4, 0.5) is 0 Å². The van der Waals surface area contributed by atoms with Gasteiger partial charge >= 0.3 is 0 Å². The van der Waals surface area contributed by atoms with Crippen molar-refractivity contribution in [2.75, 3.05) is 0 Å². The van der Waals surface area contributed by atoms with E-state index in [1.165, 1.54) is 4.88 Å². The maximum Gasteiger partial charge on any atom is 0.121 e. The van der Waals surface area contributed by atoms with E-state index in [-0.39, 0.29) is 0 Å². The minimum absolute atomic E-state index is 0.418. The Morgan fingerprint density at radius 2 is 2.27 bits per heavy atom. The van der Waals surface area contributed by atoms with Gasteiger partial charge in [-0.25, -0.2) is 4.98 Å². The molecule has 1 heterocycles. The molecular weight excluding hydrogens is 158 g/mol. The van der Waals surface area contributed by atoms with Crippen molar-refractivity contribution >= 4 is 11.3 Å². The van der Waals surface area contributed by atoms with E-state index >= 15 is 0 Å². The topological polar surface area (TPSA) is 33.1 Å².